The summed E-state index contributed by atoms with van der Waals surface area (Å²) in [5, 5.41) is 7.30. The molecule has 0 fully saturated rings. The number of hydrogen-bond acceptors (Lipinski definition) is 5. The van der Waals surface area contributed by atoms with Gasteiger partial charge in [-0.25, -0.2) is 0 Å². The molecule has 0 atom stereocenters. The molecule has 3 rings (SSSR count). The van der Waals surface area contributed by atoms with E-state index in [0.29, 0.717) is 16.3 Å². The Morgan fingerprint density at radius 3 is 2.50 bits per heavy atom. The number of rotatable bonds is 5. The van der Waals surface area contributed by atoms with Crippen LogP contribution in [0, 0.1) is 0 Å². The van der Waals surface area contributed by atoms with Crippen molar-refractivity contribution >= 4 is 17.3 Å². The molecular weight excluding hydrogens is 371 g/mol. The molecule has 0 saturated carbocycles. The van der Waals surface area contributed by atoms with Crippen LogP contribution in [0.25, 0.3) is 11.4 Å². The van der Waals surface area contributed by atoms with Crippen LogP contribution in [0.4, 0.5) is 18.9 Å². The highest BCUT2D eigenvalue weighted by Crippen LogP contribution is 2.30. The Kier molecular flexibility index (Phi) is 5.03. The number of methoxy groups -OCH3 is 1. The van der Waals surface area contributed by atoms with E-state index in [1.165, 1.54) is 19.2 Å². The van der Waals surface area contributed by atoms with Crippen molar-refractivity contribution in [2.45, 2.75) is 12.7 Å². The van der Waals surface area contributed by atoms with Gasteiger partial charge in [-0.2, -0.15) is 18.2 Å². The van der Waals surface area contributed by atoms with E-state index >= 15 is 0 Å². The van der Waals surface area contributed by atoms with E-state index in [1.54, 1.807) is 18.2 Å². The van der Waals surface area contributed by atoms with Gasteiger partial charge in [0.2, 0.25) is 11.7 Å². The summed E-state index contributed by atoms with van der Waals surface area (Å²) in [6, 6.07) is 9.73. The standard InChI is InChI=1S/C17H13ClF3N3O2/c1-25-14-7-6-12(8-13(14)18)22-9-15-23-16(24-26-15)10-2-4-11(5-3-10)17(19,20)21/h2-8,22H,9H2,1H3. The molecule has 0 radical (unpaired) electrons. The molecule has 26 heavy (non-hydrogen) atoms. The maximum absolute atomic E-state index is 12.6. The number of nitrogens with zero attached hydrogens (tertiary/aromatic N) is 2. The Labute approximate surface area is 151 Å². The summed E-state index contributed by atoms with van der Waals surface area (Å²) in [5.74, 6) is 1.05. The van der Waals surface area contributed by atoms with Crippen molar-refractivity contribution < 1.29 is 22.4 Å². The van der Waals surface area contributed by atoms with E-state index in [9.17, 15) is 13.2 Å². The van der Waals surface area contributed by atoms with Crippen LogP contribution in [0.15, 0.2) is 47.0 Å². The quantitative estimate of drug-likeness (QED) is 0.669. The molecule has 0 amide bonds. The number of benzene rings is 2. The van der Waals surface area contributed by atoms with E-state index in [0.717, 1.165) is 17.8 Å². The summed E-state index contributed by atoms with van der Waals surface area (Å²) in [5.41, 5.74) is 0.425. The fourth-order valence-corrected chi connectivity index (χ4v) is 2.46. The zero-order valence-electron chi connectivity index (χ0n) is 13.5. The van der Waals surface area contributed by atoms with Gasteiger partial charge in [0.05, 0.1) is 24.2 Å². The molecule has 136 valence electrons. The molecule has 0 spiro atoms. The molecule has 0 aliphatic rings. The minimum absolute atomic E-state index is 0.211. The van der Waals surface area contributed by atoms with Crippen molar-refractivity contribution in [1.29, 1.82) is 0 Å². The molecule has 0 aliphatic heterocycles. The molecule has 2 aromatic carbocycles. The molecule has 1 aromatic heterocycles. The lowest BCUT2D eigenvalue weighted by Gasteiger charge is -2.07. The lowest BCUT2D eigenvalue weighted by atomic mass is 10.1. The predicted molar refractivity (Wildman–Crippen MR) is 90.1 cm³/mol. The highest BCUT2D eigenvalue weighted by molar-refractivity contribution is 6.32. The van der Waals surface area contributed by atoms with Gasteiger partial charge in [-0.3, -0.25) is 0 Å². The summed E-state index contributed by atoms with van der Waals surface area (Å²) in [4.78, 5) is 4.16. The van der Waals surface area contributed by atoms with Crippen LogP contribution in [0.2, 0.25) is 5.02 Å². The molecule has 3 aromatic rings. The van der Waals surface area contributed by atoms with Crippen molar-refractivity contribution in [3.05, 3.63) is 58.9 Å². The van der Waals surface area contributed by atoms with Crippen molar-refractivity contribution in [1.82, 2.24) is 10.1 Å². The van der Waals surface area contributed by atoms with Crippen molar-refractivity contribution in [2.24, 2.45) is 0 Å². The van der Waals surface area contributed by atoms with Crippen LogP contribution in [0.5, 0.6) is 5.75 Å². The first-order valence-corrected chi connectivity index (χ1v) is 7.82. The second-order valence-corrected chi connectivity index (χ2v) is 5.70. The maximum atomic E-state index is 12.6. The van der Waals surface area contributed by atoms with Crippen LogP contribution >= 0.6 is 11.6 Å². The van der Waals surface area contributed by atoms with E-state index in [1.807, 2.05) is 0 Å². The van der Waals surface area contributed by atoms with Crippen LogP contribution in [-0.4, -0.2) is 17.3 Å². The summed E-state index contributed by atoms with van der Waals surface area (Å²) in [7, 11) is 1.52. The Balaban J connectivity index is 1.67. The van der Waals surface area contributed by atoms with Gasteiger partial charge < -0.3 is 14.6 Å². The summed E-state index contributed by atoms with van der Waals surface area (Å²) in [6.45, 7) is 0.232. The molecule has 0 unspecified atom stereocenters. The molecule has 0 aliphatic carbocycles. The number of ether oxygens (including phenoxy) is 1. The third kappa shape index (κ3) is 4.08. The van der Waals surface area contributed by atoms with Crippen molar-refractivity contribution in [2.75, 3.05) is 12.4 Å². The molecular formula is C17H13ClF3N3O2. The highest BCUT2D eigenvalue weighted by atomic mass is 35.5. The molecule has 1 heterocycles. The summed E-state index contributed by atoms with van der Waals surface area (Å²) in [6.07, 6.45) is -4.38. The van der Waals surface area contributed by atoms with Gasteiger partial charge in [-0.05, 0) is 30.3 Å². The normalized spacial score (nSPS) is 11.4. The third-order valence-corrected chi connectivity index (χ3v) is 3.83. The first-order valence-electron chi connectivity index (χ1n) is 7.44. The van der Waals surface area contributed by atoms with Gasteiger partial charge in [0.1, 0.15) is 5.75 Å². The number of aromatic nitrogens is 2. The largest absolute Gasteiger partial charge is 0.495 e. The summed E-state index contributed by atoms with van der Waals surface area (Å²) >= 11 is 6.04. The fraction of sp³-hybridized carbons (Fsp3) is 0.176. The van der Waals surface area contributed by atoms with Gasteiger partial charge in [0, 0.05) is 11.3 Å². The lowest BCUT2D eigenvalue weighted by Crippen LogP contribution is -2.04. The molecule has 9 heteroatoms. The monoisotopic (exact) mass is 383 g/mol. The van der Waals surface area contributed by atoms with E-state index in [4.69, 9.17) is 20.9 Å². The minimum atomic E-state index is -4.38. The van der Waals surface area contributed by atoms with E-state index in [2.05, 4.69) is 15.5 Å². The zero-order valence-corrected chi connectivity index (χ0v) is 14.2. The Hall–Kier alpha value is -2.74. The van der Waals surface area contributed by atoms with Crippen LogP contribution in [-0.2, 0) is 12.7 Å². The van der Waals surface area contributed by atoms with E-state index < -0.39 is 11.7 Å². The number of hydrogen-bond donors (Lipinski definition) is 1. The number of anilines is 1. The summed E-state index contributed by atoms with van der Waals surface area (Å²) < 4.78 is 47.9. The van der Waals surface area contributed by atoms with Gasteiger partial charge in [-0.15, -0.1) is 0 Å². The minimum Gasteiger partial charge on any atom is -0.495 e. The number of alkyl halides is 3. The zero-order chi connectivity index (χ0) is 18.7. The van der Waals surface area contributed by atoms with Crippen molar-refractivity contribution in [3.8, 4) is 17.1 Å². The number of halogens is 4. The molecule has 5 nitrogen and oxygen atoms in total. The van der Waals surface area contributed by atoms with E-state index in [-0.39, 0.29) is 18.3 Å². The van der Waals surface area contributed by atoms with Gasteiger partial charge >= 0.3 is 6.18 Å². The average molecular weight is 384 g/mol. The molecule has 0 bridgehead atoms. The first-order chi connectivity index (χ1) is 12.4. The van der Waals surface area contributed by atoms with Crippen molar-refractivity contribution in [3.63, 3.8) is 0 Å². The Morgan fingerprint density at radius 1 is 1.15 bits per heavy atom. The van der Waals surface area contributed by atoms with Crippen LogP contribution in [0.3, 0.4) is 0 Å². The average Bonchev–Trinajstić information content (AvgIpc) is 3.08. The topological polar surface area (TPSA) is 60.2 Å². The molecule has 0 saturated heterocycles. The second kappa shape index (κ2) is 7.25. The van der Waals surface area contributed by atoms with Crippen LogP contribution < -0.4 is 10.1 Å². The Bertz CT molecular complexity index is 895. The lowest BCUT2D eigenvalue weighted by molar-refractivity contribution is -0.137. The third-order valence-electron chi connectivity index (χ3n) is 3.53. The smallest absolute Gasteiger partial charge is 0.416 e. The van der Waals surface area contributed by atoms with Gasteiger partial charge in [-0.1, -0.05) is 28.9 Å². The van der Waals surface area contributed by atoms with Crippen LogP contribution in [0.1, 0.15) is 11.5 Å². The number of nitrogens with one attached hydrogen (secondary N) is 1. The van der Waals surface area contributed by atoms with Gasteiger partial charge in [0.25, 0.3) is 0 Å². The maximum Gasteiger partial charge on any atom is 0.416 e. The predicted octanol–water partition coefficient (Wildman–Crippen LogP) is 5.03. The highest BCUT2D eigenvalue weighted by Gasteiger charge is 2.30. The second-order valence-electron chi connectivity index (χ2n) is 5.29. The fourth-order valence-electron chi connectivity index (χ4n) is 2.21. The SMILES string of the molecule is COc1ccc(NCc2nc(-c3ccc(C(F)(F)F)cc3)no2)cc1Cl. The first kappa shape index (κ1) is 18.1. The Morgan fingerprint density at radius 2 is 1.88 bits per heavy atom. The van der Waals surface area contributed by atoms with Gasteiger partial charge in [0.15, 0.2) is 0 Å². The molecule has 1 N–H and O–H groups in total.